The molecule has 33 heavy (non-hydrogen) atoms. The van der Waals surface area contributed by atoms with Gasteiger partial charge in [0, 0.05) is 10.1 Å². The van der Waals surface area contributed by atoms with Gasteiger partial charge in [0.1, 0.15) is 10.6 Å². The van der Waals surface area contributed by atoms with E-state index in [1.165, 1.54) is 11.3 Å². The Balaban J connectivity index is 1.43. The van der Waals surface area contributed by atoms with E-state index >= 15 is 0 Å². The largest absolute Gasteiger partial charge is 0.484 e. The fourth-order valence-corrected chi connectivity index (χ4v) is 4.18. The number of hydrazine groups is 1. The molecule has 3 rings (SSSR count). The monoisotopic (exact) mass is 505 g/mol. The summed E-state index contributed by atoms with van der Waals surface area (Å²) in [6.07, 6.45) is 0.738. The van der Waals surface area contributed by atoms with E-state index in [0.29, 0.717) is 27.8 Å². The molecule has 1 aromatic heterocycles. The molecule has 0 atom stereocenters. The first-order valence-electron chi connectivity index (χ1n) is 9.86. The van der Waals surface area contributed by atoms with Crippen molar-refractivity contribution >= 4 is 68.1 Å². The lowest BCUT2D eigenvalue weighted by Gasteiger charge is -2.11. The van der Waals surface area contributed by atoms with Gasteiger partial charge in [-0.15, -0.1) is 11.3 Å². The molecule has 2 amide bonds. The Bertz CT molecular complexity index is 1180. The number of hydrogen-bond donors (Lipinski definition) is 3. The average molecular weight is 506 g/mol. The molecule has 0 saturated heterocycles. The van der Waals surface area contributed by atoms with Gasteiger partial charge < -0.3 is 9.47 Å². The molecule has 8 nitrogen and oxygen atoms in total. The second kappa shape index (κ2) is 11.6. The van der Waals surface area contributed by atoms with Gasteiger partial charge >= 0.3 is 5.97 Å². The highest BCUT2D eigenvalue weighted by Gasteiger charge is 2.18. The molecule has 0 unspecified atom stereocenters. The third-order valence-electron chi connectivity index (χ3n) is 4.18. The standard InChI is InChI=1S/C22H20ClN3O5S2/c1-2-11-30-21(29)13-7-9-14(10-8-13)31-12-17(27)25-26-22(32)24-20(28)19-18(23)15-5-3-4-6-16(15)33-19/h3-10H,2,11-12H2,1H3,(H,25,27)(H2,24,26,28,32). The Kier molecular flexibility index (Phi) is 8.58. The van der Waals surface area contributed by atoms with E-state index in [-0.39, 0.29) is 11.7 Å². The Labute approximate surface area is 204 Å². The molecule has 0 spiro atoms. The van der Waals surface area contributed by atoms with Crippen LogP contribution in [0, 0.1) is 0 Å². The van der Waals surface area contributed by atoms with Crippen LogP contribution in [0.3, 0.4) is 0 Å². The summed E-state index contributed by atoms with van der Waals surface area (Å²) in [6.45, 7) is 1.95. The maximum Gasteiger partial charge on any atom is 0.338 e. The van der Waals surface area contributed by atoms with Gasteiger partial charge in [-0.2, -0.15) is 0 Å². The second-order valence-corrected chi connectivity index (χ2v) is 8.49. The molecule has 0 aliphatic heterocycles. The summed E-state index contributed by atoms with van der Waals surface area (Å²) in [7, 11) is 0. The number of carbonyl (C=O) groups excluding carboxylic acids is 3. The van der Waals surface area contributed by atoms with Crippen LogP contribution in [0.4, 0.5) is 0 Å². The molecule has 3 N–H and O–H groups in total. The number of nitrogens with one attached hydrogen (secondary N) is 3. The number of amides is 2. The maximum atomic E-state index is 12.5. The lowest BCUT2D eigenvalue weighted by Crippen LogP contribution is -2.49. The number of carbonyl (C=O) groups is 3. The van der Waals surface area contributed by atoms with Gasteiger partial charge in [0.05, 0.1) is 17.2 Å². The van der Waals surface area contributed by atoms with Crippen LogP contribution in [-0.4, -0.2) is 36.1 Å². The molecule has 0 aliphatic carbocycles. The lowest BCUT2D eigenvalue weighted by molar-refractivity contribution is -0.123. The summed E-state index contributed by atoms with van der Waals surface area (Å²) in [6, 6.07) is 13.6. The second-order valence-electron chi connectivity index (χ2n) is 6.65. The number of thiocarbonyl (C=S) groups is 1. The molecule has 1 heterocycles. The van der Waals surface area contributed by atoms with Crippen molar-refractivity contribution in [2.75, 3.05) is 13.2 Å². The average Bonchev–Trinajstić information content (AvgIpc) is 3.17. The van der Waals surface area contributed by atoms with E-state index in [2.05, 4.69) is 16.2 Å². The number of hydrogen-bond acceptors (Lipinski definition) is 7. The van der Waals surface area contributed by atoms with Crippen LogP contribution < -0.4 is 20.9 Å². The first kappa shape index (κ1) is 24.4. The zero-order chi connectivity index (χ0) is 23.8. The highest BCUT2D eigenvalue weighted by atomic mass is 35.5. The van der Waals surface area contributed by atoms with Gasteiger partial charge in [-0.1, -0.05) is 36.7 Å². The number of esters is 1. The predicted molar refractivity (Wildman–Crippen MR) is 131 cm³/mol. The number of rotatable bonds is 7. The normalized spacial score (nSPS) is 10.4. The summed E-state index contributed by atoms with van der Waals surface area (Å²) >= 11 is 12.6. The van der Waals surface area contributed by atoms with E-state index in [4.69, 9.17) is 33.3 Å². The summed E-state index contributed by atoms with van der Waals surface area (Å²) in [4.78, 5) is 36.5. The van der Waals surface area contributed by atoms with Crippen molar-refractivity contribution in [3.63, 3.8) is 0 Å². The number of benzene rings is 2. The summed E-state index contributed by atoms with van der Waals surface area (Å²) in [5, 5.41) is 3.49. The highest BCUT2D eigenvalue weighted by Crippen LogP contribution is 2.34. The highest BCUT2D eigenvalue weighted by molar-refractivity contribution is 7.80. The smallest absolute Gasteiger partial charge is 0.338 e. The SMILES string of the molecule is CCCOC(=O)c1ccc(OCC(=O)NNC(=S)NC(=O)c2sc3ccccc3c2Cl)cc1. The minimum atomic E-state index is -0.530. The Morgan fingerprint density at radius 3 is 2.48 bits per heavy atom. The van der Waals surface area contributed by atoms with Crippen molar-refractivity contribution in [3.8, 4) is 5.75 Å². The van der Waals surface area contributed by atoms with Crippen LogP contribution in [0.5, 0.6) is 5.75 Å². The molecular weight excluding hydrogens is 486 g/mol. The van der Waals surface area contributed by atoms with Crippen molar-refractivity contribution in [3.05, 3.63) is 64.0 Å². The van der Waals surface area contributed by atoms with Gasteiger partial charge in [0.25, 0.3) is 11.8 Å². The van der Waals surface area contributed by atoms with Gasteiger partial charge in [-0.3, -0.25) is 25.8 Å². The quantitative estimate of drug-likeness (QED) is 0.254. The van der Waals surface area contributed by atoms with Crippen LogP contribution in [0.15, 0.2) is 48.5 Å². The third kappa shape index (κ3) is 6.64. The zero-order valence-corrected chi connectivity index (χ0v) is 19.9. The molecule has 0 fully saturated rings. The Morgan fingerprint density at radius 2 is 1.79 bits per heavy atom. The Hall–Kier alpha value is -3.21. The molecular formula is C22H20ClN3O5S2. The van der Waals surface area contributed by atoms with Crippen LogP contribution in [0.2, 0.25) is 5.02 Å². The predicted octanol–water partition coefficient (Wildman–Crippen LogP) is 3.84. The fourth-order valence-electron chi connectivity index (χ4n) is 2.63. The maximum absolute atomic E-state index is 12.5. The van der Waals surface area contributed by atoms with Crippen LogP contribution in [0.1, 0.15) is 33.4 Å². The molecule has 0 saturated carbocycles. The summed E-state index contributed by atoms with van der Waals surface area (Å²) < 4.78 is 11.3. The number of ether oxygens (including phenoxy) is 2. The first-order chi connectivity index (χ1) is 15.9. The number of halogens is 1. The minimum absolute atomic E-state index is 0.100. The number of fused-ring (bicyclic) bond motifs is 1. The van der Waals surface area contributed by atoms with Crippen molar-refractivity contribution in [2.24, 2.45) is 0 Å². The van der Waals surface area contributed by atoms with E-state index in [1.54, 1.807) is 24.3 Å². The third-order valence-corrected chi connectivity index (χ3v) is 6.06. The van der Waals surface area contributed by atoms with E-state index in [9.17, 15) is 14.4 Å². The molecule has 11 heteroatoms. The van der Waals surface area contributed by atoms with E-state index in [0.717, 1.165) is 16.5 Å². The van der Waals surface area contributed by atoms with Crippen molar-refractivity contribution in [1.82, 2.24) is 16.2 Å². The van der Waals surface area contributed by atoms with Gasteiger partial charge in [0.2, 0.25) is 0 Å². The molecule has 0 radical (unpaired) electrons. The molecule has 172 valence electrons. The first-order valence-corrected chi connectivity index (χ1v) is 11.5. The van der Waals surface area contributed by atoms with Gasteiger partial charge in [-0.05, 0) is 49.0 Å². The summed E-state index contributed by atoms with van der Waals surface area (Å²) in [5.41, 5.74) is 5.16. The molecule has 0 bridgehead atoms. The lowest BCUT2D eigenvalue weighted by atomic mass is 10.2. The van der Waals surface area contributed by atoms with Crippen molar-refractivity contribution < 1.29 is 23.9 Å². The minimum Gasteiger partial charge on any atom is -0.484 e. The molecule has 0 aliphatic rings. The zero-order valence-electron chi connectivity index (χ0n) is 17.5. The van der Waals surface area contributed by atoms with Crippen LogP contribution in [0.25, 0.3) is 10.1 Å². The van der Waals surface area contributed by atoms with Crippen molar-refractivity contribution in [1.29, 1.82) is 0 Å². The summed E-state index contributed by atoms with van der Waals surface area (Å²) in [5.74, 6) is -1.04. The van der Waals surface area contributed by atoms with Gasteiger partial charge in [0.15, 0.2) is 11.7 Å². The van der Waals surface area contributed by atoms with E-state index in [1.807, 2.05) is 31.2 Å². The van der Waals surface area contributed by atoms with Gasteiger partial charge in [-0.25, -0.2) is 4.79 Å². The molecule has 3 aromatic rings. The Morgan fingerprint density at radius 1 is 1.06 bits per heavy atom. The number of thiophene rings is 1. The van der Waals surface area contributed by atoms with Crippen LogP contribution in [-0.2, 0) is 9.53 Å². The fraction of sp³-hybridized carbons (Fsp3) is 0.182. The topological polar surface area (TPSA) is 106 Å². The molecule has 2 aromatic carbocycles. The van der Waals surface area contributed by atoms with Crippen molar-refractivity contribution in [2.45, 2.75) is 13.3 Å². The van der Waals surface area contributed by atoms with Crippen LogP contribution >= 0.6 is 35.2 Å². The van der Waals surface area contributed by atoms with E-state index < -0.39 is 17.8 Å².